The number of ether oxygens (including phenoxy) is 1. The molecule has 1 aromatic heterocycles. The van der Waals surface area contributed by atoms with E-state index in [9.17, 15) is 14.4 Å². The molecule has 0 saturated carbocycles. The highest BCUT2D eigenvalue weighted by Crippen LogP contribution is 2.30. The summed E-state index contributed by atoms with van der Waals surface area (Å²) in [5.41, 5.74) is 2.17. The van der Waals surface area contributed by atoms with Crippen LogP contribution < -0.4 is 14.9 Å². The molecule has 1 aliphatic heterocycles. The molecule has 3 aromatic rings. The topological polar surface area (TPSA) is 98.0 Å². The van der Waals surface area contributed by atoms with Crippen molar-refractivity contribution in [1.82, 2.24) is 4.57 Å². The molecule has 0 aliphatic carbocycles. The summed E-state index contributed by atoms with van der Waals surface area (Å²) in [6.45, 7) is 1.73. The van der Waals surface area contributed by atoms with Gasteiger partial charge in [0.2, 0.25) is 0 Å². The Morgan fingerprint density at radius 3 is 2.42 bits per heavy atom. The van der Waals surface area contributed by atoms with Gasteiger partial charge in [-0.25, -0.2) is 14.6 Å². The van der Waals surface area contributed by atoms with Gasteiger partial charge >= 0.3 is 11.9 Å². The number of methoxy groups -OCH3 is 1. The van der Waals surface area contributed by atoms with Gasteiger partial charge in [-0.1, -0.05) is 53.8 Å². The van der Waals surface area contributed by atoms with Crippen molar-refractivity contribution in [3.63, 3.8) is 0 Å². The molecule has 0 saturated heterocycles. The maximum atomic E-state index is 13.4. The number of carboxylic acids is 1. The van der Waals surface area contributed by atoms with Crippen LogP contribution in [0.1, 0.15) is 34.5 Å². The number of hydrogen-bond donors (Lipinski definition) is 1. The fourth-order valence-electron chi connectivity index (χ4n) is 3.52. The van der Waals surface area contributed by atoms with E-state index >= 15 is 0 Å². The highest BCUT2D eigenvalue weighted by Gasteiger charge is 2.32. The van der Waals surface area contributed by atoms with E-state index in [4.69, 9.17) is 9.84 Å². The van der Waals surface area contributed by atoms with Crippen molar-refractivity contribution in [3.8, 4) is 0 Å². The number of thiazole rings is 1. The first-order chi connectivity index (χ1) is 14.9. The Morgan fingerprint density at radius 1 is 1.13 bits per heavy atom. The van der Waals surface area contributed by atoms with E-state index in [-0.39, 0.29) is 11.1 Å². The standard InChI is InChI=1S/C23H18N2O5S/c1-13-18(22(29)30-2)19(15-6-4-3-5-7-15)25-20(26)17(31-23(25)24-13)12-14-8-10-16(11-9-14)21(27)28/h3-12,19H,1-2H3,(H,27,28)/b17-12-. The molecule has 156 valence electrons. The molecule has 1 N–H and O–H groups in total. The van der Waals surface area contributed by atoms with Crippen LogP contribution in [0.2, 0.25) is 0 Å². The lowest BCUT2D eigenvalue weighted by molar-refractivity contribution is -0.136. The number of rotatable bonds is 4. The second kappa shape index (κ2) is 8.16. The molecule has 7 nitrogen and oxygen atoms in total. The van der Waals surface area contributed by atoms with Crippen LogP contribution in [0, 0.1) is 0 Å². The highest BCUT2D eigenvalue weighted by molar-refractivity contribution is 7.07. The minimum absolute atomic E-state index is 0.168. The van der Waals surface area contributed by atoms with Crippen LogP contribution in [0.4, 0.5) is 0 Å². The molecule has 31 heavy (non-hydrogen) atoms. The van der Waals surface area contributed by atoms with E-state index in [1.807, 2.05) is 30.3 Å². The van der Waals surface area contributed by atoms with Crippen molar-refractivity contribution in [2.45, 2.75) is 13.0 Å². The molecule has 0 amide bonds. The van der Waals surface area contributed by atoms with Crippen LogP contribution in [-0.4, -0.2) is 28.7 Å². The fourth-order valence-corrected chi connectivity index (χ4v) is 4.56. The maximum absolute atomic E-state index is 13.4. The summed E-state index contributed by atoms with van der Waals surface area (Å²) in [5, 5.41) is 9.06. The first-order valence-corrected chi connectivity index (χ1v) is 10.2. The van der Waals surface area contributed by atoms with Crippen LogP contribution >= 0.6 is 11.3 Å². The molecular formula is C23H18N2O5S. The van der Waals surface area contributed by atoms with Crippen molar-refractivity contribution in [2.24, 2.45) is 4.99 Å². The lowest BCUT2D eigenvalue weighted by Gasteiger charge is -2.24. The Bertz CT molecular complexity index is 1380. The third kappa shape index (κ3) is 3.73. The molecule has 4 rings (SSSR count). The molecule has 0 fully saturated rings. The zero-order valence-corrected chi connectivity index (χ0v) is 17.6. The number of hydrogen-bond acceptors (Lipinski definition) is 6. The summed E-state index contributed by atoms with van der Waals surface area (Å²) >= 11 is 1.22. The first kappa shape index (κ1) is 20.5. The molecule has 2 heterocycles. The zero-order chi connectivity index (χ0) is 22.1. The van der Waals surface area contributed by atoms with Gasteiger partial charge in [0.25, 0.3) is 5.56 Å². The lowest BCUT2D eigenvalue weighted by atomic mass is 9.96. The van der Waals surface area contributed by atoms with E-state index in [1.54, 1.807) is 25.1 Å². The van der Waals surface area contributed by atoms with Gasteiger partial charge in [0, 0.05) is 0 Å². The first-order valence-electron chi connectivity index (χ1n) is 9.40. The van der Waals surface area contributed by atoms with Crippen LogP contribution in [0.15, 0.2) is 75.7 Å². The Morgan fingerprint density at radius 2 is 1.81 bits per heavy atom. The average Bonchev–Trinajstić information content (AvgIpc) is 3.07. The molecule has 2 aromatic carbocycles. The Hall–Kier alpha value is -3.78. The third-order valence-electron chi connectivity index (χ3n) is 5.00. The largest absolute Gasteiger partial charge is 0.478 e. The minimum atomic E-state index is -1.01. The number of carbonyl (C=O) groups is 2. The molecule has 1 unspecified atom stereocenters. The molecule has 1 atom stereocenters. The second-order valence-electron chi connectivity index (χ2n) is 6.91. The summed E-state index contributed by atoms with van der Waals surface area (Å²) in [4.78, 5) is 41.9. The van der Waals surface area contributed by atoms with Crippen LogP contribution in [-0.2, 0) is 9.53 Å². The average molecular weight is 434 g/mol. The minimum Gasteiger partial charge on any atom is -0.478 e. The van der Waals surface area contributed by atoms with Gasteiger partial charge in [-0.3, -0.25) is 9.36 Å². The second-order valence-corrected chi connectivity index (χ2v) is 7.92. The summed E-state index contributed by atoms with van der Waals surface area (Å²) in [6, 6.07) is 14.9. The van der Waals surface area contributed by atoms with E-state index in [2.05, 4.69) is 4.99 Å². The number of nitrogens with zero attached hydrogens (tertiary/aromatic N) is 2. The van der Waals surface area contributed by atoms with Crippen LogP contribution in [0.5, 0.6) is 0 Å². The number of allylic oxidation sites excluding steroid dienone is 1. The SMILES string of the molecule is COC(=O)C1=C(C)N=c2s/c(=C\c3ccc(C(=O)O)cc3)c(=O)n2C1c1ccccc1. The van der Waals surface area contributed by atoms with Gasteiger partial charge in [0.05, 0.1) is 34.5 Å². The van der Waals surface area contributed by atoms with E-state index in [1.165, 1.54) is 35.1 Å². The van der Waals surface area contributed by atoms with Gasteiger partial charge < -0.3 is 9.84 Å². The number of benzene rings is 2. The maximum Gasteiger partial charge on any atom is 0.338 e. The van der Waals surface area contributed by atoms with Gasteiger partial charge in [-0.2, -0.15) is 0 Å². The monoisotopic (exact) mass is 434 g/mol. The number of aromatic carboxylic acids is 1. The summed E-state index contributed by atoms with van der Waals surface area (Å²) in [7, 11) is 1.30. The highest BCUT2D eigenvalue weighted by atomic mass is 32.1. The van der Waals surface area contributed by atoms with Crippen LogP contribution in [0.3, 0.4) is 0 Å². The van der Waals surface area contributed by atoms with E-state index < -0.39 is 18.0 Å². The molecule has 0 radical (unpaired) electrons. The van der Waals surface area contributed by atoms with Crippen molar-refractivity contribution in [1.29, 1.82) is 0 Å². The van der Waals surface area contributed by atoms with Gasteiger partial charge in [-0.15, -0.1) is 0 Å². The normalized spacial score (nSPS) is 15.9. The van der Waals surface area contributed by atoms with Crippen LogP contribution in [0.25, 0.3) is 6.08 Å². The Balaban J connectivity index is 1.92. The van der Waals surface area contributed by atoms with Gasteiger partial charge in [-0.05, 0) is 36.3 Å². The summed E-state index contributed by atoms with van der Waals surface area (Å²) in [5.74, 6) is -1.55. The Kier molecular flexibility index (Phi) is 5.39. The number of carbonyl (C=O) groups excluding carboxylic acids is 1. The predicted molar refractivity (Wildman–Crippen MR) is 116 cm³/mol. The molecule has 0 spiro atoms. The number of fused-ring (bicyclic) bond motifs is 1. The zero-order valence-electron chi connectivity index (χ0n) is 16.7. The number of aromatic nitrogens is 1. The molecule has 8 heteroatoms. The molecule has 0 bridgehead atoms. The third-order valence-corrected chi connectivity index (χ3v) is 5.98. The van der Waals surface area contributed by atoms with E-state index in [0.29, 0.717) is 26.2 Å². The molecule has 1 aliphatic rings. The fraction of sp³-hybridized carbons (Fsp3) is 0.130. The predicted octanol–water partition coefficient (Wildman–Crippen LogP) is 2.11. The van der Waals surface area contributed by atoms with E-state index in [0.717, 1.165) is 5.56 Å². The smallest absolute Gasteiger partial charge is 0.338 e. The Labute approximate surface area is 180 Å². The molecular weight excluding hydrogens is 416 g/mol. The quantitative estimate of drug-likeness (QED) is 0.635. The summed E-state index contributed by atoms with van der Waals surface area (Å²) in [6.07, 6.45) is 1.69. The number of carboxylic acid groups (broad SMARTS) is 1. The summed E-state index contributed by atoms with van der Waals surface area (Å²) < 4.78 is 6.92. The van der Waals surface area contributed by atoms with Crippen molar-refractivity contribution in [3.05, 3.63) is 102 Å². The van der Waals surface area contributed by atoms with Crippen molar-refractivity contribution in [2.75, 3.05) is 7.11 Å². The number of esters is 1. The van der Waals surface area contributed by atoms with Crippen molar-refractivity contribution >= 4 is 29.4 Å². The van der Waals surface area contributed by atoms with Gasteiger partial charge in [0.15, 0.2) is 4.80 Å². The lowest BCUT2D eigenvalue weighted by Crippen LogP contribution is -2.39. The van der Waals surface area contributed by atoms with Crippen molar-refractivity contribution < 1.29 is 19.4 Å². The van der Waals surface area contributed by atoms with Gasteiger partial charge in [0.1, 0.15) is 0 Å².